The highest BCUT2D eigenvalue weighted by Crippen LogP contribution is 2.33. The SMILES string of the molecule is CC(C)(O)c1cc(F)c(-c2nc(C(N)=O)c(-c3cccnc3)cc2F)c(F)c1. The Labute approximate surface area is 158 Å². The smallest absolute Gasteiger partial charge is 0.267 e. The number of benzene rings is 1. The summed E-state index contributed by atoms with van der Waals surface area (Å²) < 4.78 is 43.9. The molecule has 0 atom stereocenters. The molecule has 0 aliphatic rings. The van der Waals surface area contributed by atoms with Gasteiger partial charge in [0.15, 0.2) is 0 Å². The summed E-state index contributed by atoms with van der Waals surface area (Å²) in [5, 5.41) is 9.94. The van der Waals surface area contributed by atoms with E-state index < -0.39 is 40.2 Å². The van der Waals surface area contributed by atoms with Crippen LogP contribution < -0.4 is 5.73 Å². The highest BCUT2D eigenvalue weighted by Gasteiger charge is 2.26. The lowest BCUT2D eigenvalue weighted by Crippen LogP contribution is -2.18. The number of aliphatic hydroxyl groups is 1. The molecule has 0 aliphatic carbocycles. The lowest BCUT2D eigenvalue weighted by Gasteiger charge is -2.19. The molecule has 0 unspecified atom stereocenters. The number of amides is 1. The molecule has 0 spiro atoms. The standard InChI is InChI=1S/C20H16F3N3O2/c1-20(2,28)11-6-13(21)16(14(22)7-11)18-15(23)8-12(17(26-18)19(24)27)10-4-3-5-25-9-10/h3-9,28H,1-2H3,(H2,24,27). The fraction of sp³-hybridized carbons (Fsp3) is 0.150. The molecular formula is C20H16F3N3O2. The molecule has 0 fully saturated rings. The van der Waals surface area contributed by atoms with Crippen LogP contribution in [0.2, 0.25) is 0 Å². The van der Waals surface area contributed by atoms with Gasteiger partial charge in [-0.1, -0.05) is 6.07 Å². The number of rotatable bonds is 4. The molecule has 2 aromatic heterocycles. The molecule has 28 heavy (non-hydrogen) atoms. The van der Waals surface area contributed by atoms with Crippen LogP contribution in [0.4, 0.5) is 13.2 Å². The second kappa shape index (κ2) is 7.05. The number of aromatic nitrogens is 2. The van der Waals surface area contributed by atoms with Crippen molar-refractivity contribution in [3.63, 3.8) is 0 Å². The molecule has 0 bridgehead atoms. The fourth-order valence-corrected chi connectivity index (χ4v) is 2.75. The van der Waals surface area contributed by atoms with E-state index in [-0.39, 0.29) is 16.8 Å². The van der Waals surface area contributed by atoms with E-state index in [1.165, 1.54) is 26.2 Å². The molecule has 1 aromatic carbocycles. The van der Waals surface area contributed by atoms with Crippen molar-refractivity contribution < 1.29 is 23.1 Å². The van der Waals surface area contributed by atoms with Crippen molar-refractivity contribution in [1.29, 1.82) is 0 Å². The predicted octanol–water partition coefficient (Wildman–Crippen LogP) is 3.55. The first-order valence-corrected chi connectivity index (χ1v) is 8.22. The molecule has 3 N–H and O–H groups in total. The minimum Gasteiger partial charge on any atom is -0.386 e. The van der Waals surface area contributed by atoms with E-state index in [1.54, 1.807) is 12.1 Å². The normalized spacial score (nSPS) is 11.5. The number of carbonyl (C=O) groups excluding carboxylic acids is 1. The summed E-state index contributed by atoms with van der Waals surface area (Å²) in [6.45, 7) is 2.71. The van der Waals surface area contributed by atoms with Crippen LogP contribution in [-0.2, 0) is 5.60 Å². The number of halogens is 3. The molecule has 3 rings (SSSR count). The van der Waals surface area contributed by atoms with Crippen molar-refractivity contribution in [2.45, 2.75) is 19.4 Å². The number of hydrogen-bond donors (Lipinski definition) is 2. The first kappa shape index (κ1) is 19.5. The largest absolute Gasteiger partial charge is 0.386 e. The number of primary amides is 1. The quantitative estimate of drug-likeness (QED) is 0.716. The van der Waals surface area contributed by atoms with Crippen LogP contribution in [-0.4, -0.2) is 21.0 Å². The molecular weight excluding hydrogens is 371 g/mol. The molecule has 5 nitrogen and oxygen atoms in total. The van der Waals surface area contributed by atoms with Gasteiger partial charge in [-0.2, -0.15) is 0 Å². The third kappa shape index (κ3) is 3.59. The van der Waals surface area contributed by atoms with Crippen LogP contribution in [0.3, 0.4) is 0 Å². The molecule has 144 valence electrons. The summed E-state index contributed by atoms with van der Waals surface area (Å²) in [4.78, 5) is 19.5. The maximum absolute atomic E-state index is 14.7. The van der Waals surface area contributed by atoms with E-state index in [0.29, 0.717) is 5.56 Å². The van der Waals surface area contributed by atoms with Gasteiger partial charge in [0, 0.05) is 23.5 Å². The third-order valence-electron chi connectivity index (χ3n) is 4.17. The average molecular weight is 387 g/mol. The van der Waals surface area contributed by atoms with E-state index in [0.717, 1.165) is 18.2 Å². The Morgan fingerprint density at radius 2 is 1.75 bits per heavy atom. The van der Waals surface area contributed by atoms with Gasteiger partial charge >= 0.3 is 0 Å². The van der Waals surface area contributed by atoms with Crippen molar-refractivity contribution in [3.05, 3.63) is 71.4 Å². The second-order valence-corrected chi connectivity index (χ2v) is 6.69. The maximum atomic E-state index is 14.7. The van der Waals surface area contributed by atoms with E-state index in [2.05, 4.69) is 9.97 Å². The van der Waals surface area contributed by atoms with Crippen LogP contribution in [0, 0.1) is 17.5 Å². The number of nitrogens with zero attached hydrogens (tertiary/aromatic N) is 2. The highest BCUT2D eigenvalue weighted by atomic mass is 19.1. The van der Waals surface area contributed by atoms with Crippen LogP contribution in [0.5, 0.6) is 0 Å². The number of nitrogens with two attached hydrogens (primary N) is 1. The zero-order valence-corrected chi connectivity index (χ0v) is 15.0. The molecule has 0 saturated heterocycles. The number of pyridine rings is 2. The van der Waals surface area contributed by atoms with Gasteiger partial charge in [-0.3, -0.25) is 9.78 Å². The predicted molar refractivity (Wildman–Crippen MR) is 96.5 cm³/mol. The highest BCUT2D eigenvalue weighted by molar-refractivity contribution is 5.98. The Balaban J connectivity index is 2.25. The Hall–Kier alpha value is -3.26. The van der Waals surface area contributed by atoms with Gasteiger partial charge in [-0.05, 0) is 43.7 Å². The van der Waals surface area contributed by atoms with E-state index in [1.807, 2.05) is 0 Å². The zero-order valence-electron chi connectivity index (χ0n) is 15.0. The molecule has 0 saturated carbocycles. The zero-order chi connectivity index (χ0) is 20.6. The van der Waals surface area contributed by atoms with Crippen molar-refractivity contribution in [3.8, 4) is 22.4 Å². The van der Waals surface area contributed by atoms with Crippen molar-refractivity contribution in [2.24, 2.45) is 5.73 Å². The van der Waals surface area contributed by atoms with E-state index in [4.69, 9.17) is 5.73 Å². The topological polar surface area (TPSA) is 89.1 Å². The Kier molecular flexibility index (Phi) is 4.91. The summed E-state index contributed by atoms with van der Waals surface area (Å²) >= 11 is 0. The van der Waals surface area contributed by atoms with Crippen LogP contribution in [0.15, 0.2) is 42.7 Å². The Morgan fingerprint density at radius 3 is 2.25 bits per heavy atom. The van der Waals surface area contributed by atoms with Gasteiger partial charge in [0.2, 0.25) is 0 Å². The number of hydrogen-bond acceptors (Lipinski definition) is 4. The number of carbonyl (C=O) groups is 1. The van der Waals surface area contributed by atoms with Crippen LogP contribution in [0.1, 0.15) is 29.9 Å². The van der Waals surface area contributed by atoms with Gasteiger partial charge in [-0.15, -0.1) is 0 Å². The lowest BCUT2D eigenvalue weighted by molar-refractivity contribution is 0.0778. The average Bonchev–Trinajstić information content (AvgIpc) is 2.61. The fourth-order valence-electron chi connectivity index (χ4n) is 2.75. The van der Waals surface area contributed by atoms with Gasteiger partial charge in [0.1, 0.15) is 28.8 Å². The van der Waals surface area contributed by atoms with Crippen LogP contribution in [0.25, 0.3) is 22.4 Å². The van der Waals surface area contributed by atoms with E-state index in [9.17, 15) is 23.1 Å². The second-order valence-electron chi connectivity index (χ2n) is 6.69. The van der Waals surface area contributed by atoms with Gasteiger partial charge in [0.25, 0.3) is 5.91 Å². The summed E-state index contributed by atoms with van der Waals surface area (Å²) in [5.41, 5.74) is 2.42. The van der Waals surface area contributed by atoms with Crippen molar-refractivity contribution in [1.82, 2.24) is 9.97 Å². The minimum atomic E-state index is -1.51. The summed E-state index contributed by atoms with van der Waals surface area (Å²) in [6.07, 6.45) is 2.86. The maximum Gasteiger partial charge on any atom is 0.267 e. The summed E-state index contributed by atoms with van der Waals surface area (Å²) in [7, 11) is 0. The first-order chi connectivity index (χ1) is 13.1. The third-order valence-corrected chi connectivity index (χ3v) is 4.17. The Bertz CT molecular complexity index is 1040. The first-order valence-electron chi connectivity index (χ1n) is 8.22. The molecule has 2 heterocycles. The van der Waals surface area contributed by atoms with Gasteiger partial charge in [-0.25, -0.2) is 18.2 Å². The monoisotopic (exact) mass is 387 g/mol. The molecule has 0 radical (unpaired) electrons. The van der Waals surface area contributed by atoms with Gasteiger partial charge in [0.05, 0.1) is 11.2 Å². The molecule has 3 aromatic rings. The molecule has 0 aliphatic heterocycles. The van der Waals surface area contributed by atoms with Crippen molar-refractivity contribution >= 4 is 5.91 Å². The minimum absolute atomic E-state index is 0.0336. The van der Waals surface area contributed by atoms with E-state index >= 15 is 0 Å². The summed E-state index contributed by atoms with van der Waals surface area (Å²) in [6, 6.07) is 5.84. The summed E-state index contributed by atoms with van der Waals surface area (Å²) in [5.74, 6) is -4.30. The Morgan fingerprint density at radius 1 is 1.11 bits per heavy atom. The molecule has 1 amide bonds. The van der Waals surface area contributed by atoms with Crippen LogP contribution >= 0.6 is 0 Å². The van der Waals surface area contributed by atoms with Gasteiger partial charge < -0.3 is 10.8 Å². The lowest BCUT2D eigenvalue weighted by atomic mass is 9.95. The van der Waals surface area contributed by atoms with Crippen molar-refractivity contribution in [2.75, 3.05) is 0 Å². The molecule has 8 heteroatoms.